The number of pyridine rings is 1. The fraction of sp³-hybridized carbons (Fsp3) is 0.0476. The van der Waals surface area contributed by atoms with Crippen molar-refractivity contribution in [2.75, 3.05) is 10.6 Å². The number of benzene rings is 2. The molecule has 0 fully saturated rings. The maximum Gasteiger partial charge on any atom is 0.419 e. The number of anilines is 2. The lowest BCUT2D eigenvalue weighted by atomic mass is 10.1. The summed E-state index contributed by atoms with van der Waals surface area (Å²) in [4.78, 5) is 19.6. The fourth-order valence-corrected chi connectivity index (χ4v) is 3.04. The van der Waals surface area contributed by atoms with Crippen molar-refractivity contribution in [2.24, 2.45) is 0 Å². The highest BCUT2D eigenvalue weighted by Crippen LogP contribution is 2.34. The number of carbonyl (C=O) groups is 1. The first kappa shape index (κ1) is 19.4. The minimum absolute atomic E-state index is 0.386. The average molecular weight is 414 g/mol. The van der Waals surface area contributed by atoms with Crippen molar-refractivity contribution in [1.29, 1.82) is 0 Å². The van der Waals surface area contributed by atoms with Gasteiger partial charge in [-0.3, -0.25) is 4.98 Å². The van der Waals surface area contributed by atoms with Crippen molar-refractivity contribution >= 4 is 28.4 Å². The van der Waals surface area contributed by atoms with Gasteiger partial charge in [-0.2, -0.15) is 13.2 Å². The topological polar surface area (TPSA) is 69.8 Å². The second-order valence-electron chi connectivity index (χ2n) is 6.42. The standard InChI is InChI=1S/C21H14F4N4O/c22-18-15(21(23,24)25)3-1-4-16(18)29-20(30)28-13-8-6-12(7-9-13)14-11-27-17-5-2-10-26-19(14)17/h1-11,27H,(H2,28,29,30). The van der Waals surface area contributed by atoms with Crippen LogP contribution in [0.15, 0.2) is 67.0 Å². The first-order valence-corrected chi connectivity index (χ1v) is 8.79. The Morgan fingerprint density at radius 3 is 2.47 bits per heavy atom. The van der Waals surface area contributed by atoms with E-state index in [1.807, 2.05) is 18.3 Å². The molecule has 0 bridgehead atoms. The number of amides is 2. The third-order valence-electron chi connectivity index (χ3n) is 4.44. The zero-order valence-electron chi connectivity index (χ0n) is 15.2. The Morgan fingerprint density at radius 1 is 0.967 bits per heavy atom. The van der Waals surface area contributed by atoms with Gasteiger partial charge in [0, 0.05) is 23.6 Å². The maximum atomic E-state index is 14.0. The number of aromatic amines is 1. The van der Waals surface area contributed by atoms with Crippen molar-refractivity contribution < 1.29 is 22.4 Å². The molecule has 0 saturated carbocycles. The molecule has 3 N–H and O–H groups in total. The van der Waals surface area contributed by atoms with Crippen LogP contribution >= 0.6 is 0 Å². The zero-order valence-corrected chi connectivity index (χ0v) is 15.2. The highest BCUT2D eigenvalue weighted by molar-refractivity contribution is 6.00. The summed E-state index contributed by atoms with van der Waals surface area (Å²) in [6.45, 7) is 0. The van der Waals surface area contributed by atoms with Crippen LogP contribution in [0, 0.1) is 5.82 Å². The first-order chi connectivity index (χ1) is 14.3. The van der Waals surface area contributed by atoms with Gasteiger partial charge in [0.2, 0.25) is 0 Å². The lowest BCUT2D eigenvalue weighted by molar-refractivity contribution is -0.139. The Kier molecular flexibility index (Phi) is 4.86. The summed E-state index contributed by atoms with van der Waals surface area (Å²) >= 11 is 0. The van der Waals surface area contributed by atoms with Crippen LogP contribution in [0.4, 0.5) is 33.7 Å². The fourth-order valence-electron chi connectivity index (χ4n) is 3.04. The van der Waals surface area contributed by atoms with Gasteiger partial charge in [-0.15, -0.1) is 0 Å². The highest BCUT2D eigenvalue weighted by atomic mass is 19.4. The van der Waals surface area contributed by atoms with Crippen molar-refractivity contribution in [3.63, 3.8) is 0 Å². The number of alkyl halides is 3. The summed E-state index contributed by atoms with van der Waals surface area (Å²) in [7, 11) is 0. The molecule has 2 aromatic heterocycles. The summed E-state index contributed by atoms with van der Waals surface area (Å²) in [6.07, 6.45) is -1.35. The van der Waals surface area contributed by atoms with Gasteiger partial charge in [0.1, 0.15) is 0 Å². The van der Waals surface area contributed by atoms with E-state index >= 15 is 0 Å². The molecule has 5 nitrogen and oxygen atoms in total. The smallest absolute Gasteiger partial charge is 0.359 e. The van der Waals surface area contributed by atoms with E-state index in [1.54, 1.807) is 30.5 Å². The second kappa shape index (κ2) is 7.51. The Morgan fingerprint density at radius 2 is 1.73 bits per heavy atom. The average Bonchev–Trinajstić information content (AvgIpc) is 3.13. The van der Waals surface area contributed by atoms with Crippen LogP contribution in [0.5, 0.6) is 0 Å². The number of nitrogens with zero attached hydrogens (tertiary/aromatic N) is 1. The van der Waals surface area contributed by atoms with Gasteiger partial charge in [0.25, 0.3) is 0 Å². The molecule has 2 amide bonds. The zero-order chi connectivity index (χ0) is 21.3. The maximum absolute atomic E-state index is 14.0. The number of aromatic nitrogens is 2. The molecule has 0 aliphatic carbocycles. The van der Waals surface area contributed by atoms with Crippen LogP contribution in [0.2, 0.25) is 0 Å². The minimum atomic E-state index is -4.86. The van der Waals surface area contributed by atoms with Gasteiger partial charge in [-0.25, -0.2) is 9.18 Å². The molecule has 4 rings (SSSR count). The lowest BCUT2D eigenvalue weighted by Crippen LogP contribution is -2.21. The molecule has 152 valence electrons. The molecular weight excluding hydrogens is 400 g/mol. The van der Waals surface area contributed by atoms with Gasteiger partial charge in [0.15, 0.2) is 5.82 Å². The Balaban J connectivity index is 1.48. The van der Waals surface area contributed by atoms with Crippen LogP contribution in [0.25, 0.3) is 22.2 Å². The number of fused-ring (bicyclic) bond motifs is 1. The van der Waals surface area contributed by atoms with E-state index in [0.717, 1.165) is 34.3 Å². The van der Waals surface area contributed by atoms with Crippen molar-refractivity contribution in [1.82, 2.24) is 9.97 Å². The Bertz CT molecular complexity index is 1220. The number of urea groups is 1. The van der Waals surface area contributed by atoms with Gasteiger partial charge in [0.05, 0.1) is 22.3 Å². The SMILES string of the molecule is O=C(Nc1ccc(-c2c[nH]c3cccnc23)cc1)Nc1cccc(C(F)(F)F)c1F. The molecule has 0 unspecified atom stereocenters. The lowest BCUT2D eigenvalue weighted by Gasteiger charge is -2.13. The van der Waals surface area contributed by atoms with Crippen LogP contribution in [0.1, 0.15) is 5.56 Å². The quantitative estimate of drug-likeness (QED) is 0.358. The number of H-pyrrole nitrogens is 1. The van der Waals surface area contributed by atoms with Gasteiger partial charge in [-0.1, -0.05) is 18.2 Å². The number of hydrogen-bond donors (Lipinski definition) is 3. The summed E-state index contributed by atoms with van der Waals surface area (Å²) in [5.41, 5.74) is 1.80. The van der Waals surface area contributed by atoms with Gasteiger partial charge >= 0.3 is 12.2 Å². The predicted molar refractivity (Wildman–Crippen MR) is 106 cm³/mol. The molecule has 2 aromatic carbocycles. The van der Waals surface area contributed by atoms with E-state index in [-0.39, 0.29) is 0 Å². The van der Waals surface area contributed by atoms with Gasteiger partial charge < -0.3 is 15.6 Å². The van der Waals surface area contributed by atoms with Crippen molar-refractivity contribution in [3.05, 3.63) is 78.4 Å². The molecule has 0 aliphatic heterocycles. The third-order valence-corrected chi connectivity index (χ3v) is 4.44. The van der Waals surface area contributed by atoms with E-state index in [4.69, 9.17) is 0 Å². The molecule has 4 aromatic rings. The molecule has 0 aliphatic rings. The number of carbonyl (C=O) groups excluding carboxylic acids is 1. The molecule has 30 heavy (non-hydrogen) atoms. The number of nitrogens with one attached hydrogen (secondary N) is 3. The minimum Gasteiger partial charge on any atom is -0.359 e. The van der Waals surface area contributed by atoms with Crippen LogP contribution in [0.3, 0.4) is 0 Å². The molecular formula is C21H14F4N4O. The Hall–Kier alpha value is -3.88. The molecule has 2 heterocycles. The van der Waals surface area contributed by atoms with Crippen molar-refractivity contribution in [2.45, 2.75) is 6.18 Å². The second-order valence-corrected chi connectivity index (χ2v) is 6.42. The molecule has 9 heteroatoms. The van der Waals surface area contributed by atoms with E-state index in [1.165, 1.54) is 0 Å². The van der Waals surface area contributed by atoms with E-state index in [9.17, 15) is 22.4 Å². The van der Waals surface area contributed by atoms with Gasteiger partial charge in [-0.05, 0) is 42.0 Å². The molecule has 0 radical (unpaired) electrons. The molecule has 0 atom stereocenters. The van der Waals surface area contributed by atoms with E-state index < -0.39 is 29.3 Å². The Labute approximate surface area is 167 Å². The summed E-state index contributed by atoms with van der Waals surface area (Å²) < 4.78 is 52.4. The number of rotatable bonds is 3. The van der Waals surface area contributed by atoms with E-state index in [0.29, 0.717) is 11.8 Å². The predicted octanol–water partition coefficient (Wildman–Crippen LogP) is 6.03. The molecule has 0 spiro atoms. The number of halogens is 4. The highest BCUT2D eigenvalue weighted by Gasteiger charge is 2.35. The number of hydrogen-bond acceptors (Lipinski definition) is 2. The van der Waals surface area contributed by atoms with Crippen LogP contribution in [-0.2, 0) is 6.18 Å². The summed E-state index contributed by atoms with van der Waals surface area (Å²) in [5, 5.41) is 4.56. The third kappa shape index (κ3) is 3.82. The van der Waals surface area contributed by atoms with E-state index in [2.05, 4.69) is 20.6 Å². The first-order valence-electron chi connectivity index (χ1n) is 8.79. The van der Waals surface area contributed by atoms with Crippen molar-refractivity contribution in [3.8, 4) is 11.1 Å². The molecule has 0 saturated heterocycles. The summed E-state index contributed by atoms with van der Waals surface area (Å²) in [5.74, 6) is -1.54. The van der Waals surface area contributed by atoms with Crippen LogP contribution in [-0.4, -0.2) is 16.0 Å². The monoisotopic (exact) mass is 414 g/mol. The summed E-state index contributed by atoms with van der Waals surface area (Å²) in [6, 6.07) is 12.3. The normalized spacial score (nSPS) is 11.5. The largest absolute Gasteiger partial charge is 0.419 e. The van der Waals surface area contributed by atoms with Crippen LogP contribution < -0.4 is 10.6 Å².